The lowest BCUT2D eigenvalue weighted by Gasteiger charge is -2.33. The number of carbonyl (C=O) groups excluding carboxylic acids is 2. The molecule has 2 amide bonds. The van der Waals surface area contributed by atoms with E-state index in [2.05, 4.69) is 21.2 Å². The molecule has 0 bridgehead atoms. The van der Waals surface area contributed by atoms with E-state index in [1.165, 1.54) is 12.0 Å². The lowest BCUT2D eigenvalue weighted by atomic mass is 9.95. The maximum atomic E-state index is 12.0. The quantitative estimate of drug-likeness (QED) is 0.843. The van der Waals surface area contributed by atoms with Gasteiger partial charge in [-0.25, -0.2) is 9.59 Å². The average molecular weight is 339 g/mol. The number of nitrogens with one attached hydrogen (secondary N) is 1. The highest BCUT2D eigenvalue weighted by atomic mass is 79.9. The Labute approximate surface area is 125 Å². The van der Waals surface area contributed by atoms with Crippen LogP contribution in [0.15, 0.2) is 40.0 Å². The van der Waals surface area contributed by atoms with Crippen LogP contribution in [0.3, 0.4) is 0 Å². The molecule has 0 saturated carbocycles. The summed E-state index contributed by atoms with van der Waals surface area (Å²) < 4.78 is 5.72. The fourth-order valence-corrected chi connectivity index (χ4v) is 2.56. The first kappa shape index (κ1) is 14.6. The highest BCUT2D eigenvalue weighted by Crippen LogP contribution is 2.31. The third-order valence-electron chi connectivity index (χ3n) is 3.34. The number of allylic oxidation sites excluding steroid dienone is 1. The molecule has 0 fully saturated rings. The molecular formula is C14H15BrN2O3. The molecule has 1 heterocycles. The lowest BCUT2D eigenvalue weighted by Crippen LogP contribution is -2.46. The van der Waals surface area contributed by atoms with Gasteiger partial charge in [-0.15, -0.1) is 0 Å². The van der Waals surface area contributed by atoms with Gasteiger partial charge in [0.25, 0.3) is 0 Å². The summed E-state index contributed by atoms with van der Waals surface area (Å²) in [6.45, 7) is 1.73. The van der Waals surface area contributed by atoms with Crippen LogP contribution >= 0.6 is 15.9 Å². The monoisotopic (exact) mass is 338 g/mol. The topological polar surface area (TPSA) is 58.6 Å². The maximum absolute atomic E-state index is 12.0. The Hall–Kier alpha value is -1.82. The molecule has 1 aromatic carbocycles. The van der Waals surface area contributed by atoms with Gasteiger partial charge < -0.3 is 15.0 Å². The summed E-state index contributed by atoms with van der Waals surface area (Å²) >= 11 is 3.39. The number of carbonyl (C=O) groups is 2. The molecule has 6 heteroatoms. The van der Waals surface area contributed by atoms with Crippen LogP contribution in [-0.4, -0.2) is 31.1 Å². The zero-order valence-electron chi connectivity index (χ0n) is 11.4. The number of esters is 1. The highest BCUT2D eigenvalue weighted by Gasteiger charge is 2.34. The van der Waals surface area contributed by atoms with Gasteiger partial charge in [0.15, 0.2) is 0 Å². The van der Waals surface area contributed by atoms with Crippen molar-refractivity contribution < 1.29 is 14.3 Å². The highest BCUT2D eigenvalue weighted by molar-refractivity contribution is 9.10. The van der Waals surface area contributed by atoms with Crippen molar-refractivity contribution in [1.82, 2.24) is 10.2 Å². The van der Waals surface area contributed by atoms with Crippen LogP contribution in [0.2, 0.25) is 0 Å². The number of halogens is 1. The Kier molecular flexibility index (Phi) is 4.13. The Morgan fingerprint density at radius 2 is 2.15 bits per heavy atom. The fourth-order valence-electron chi connectivity index (χ4n) is 2.15. The standard InChI is InChI=1S/C14H15BrN2O3/c1-8-11(13(18)20-3)12(16-14(19)17(8)2)9-5-4-6-10(15)7-9/h4-7,12H,1-3H3,(H,16,19)/t12-/m0/s1. The Morgan fingerprint density at radius 1 is 1.45 bits per heavy atom. The molecule has 106 valence electrons. The van der Waals surface area contributed by atoms with E-state index in [9.17, 15) is 9.59 Å². The second-order valence-corrected chi connectivity index (χ2v) is 5.40. The molecule has 1 aliphatic heterocycles. The normalized spacial score (nSPS) is 18.9. The van der Waals surface area contributed by atoms with Crippen LogP contribution in [-0.2, 0) is 9.53 Å². The molecule has 0 aromatic heterocycles. The van der Waals surface area contributed by atoms with Crippen molar-refractivity contribution in [1.29, 1.82) is 0 Å². The number of rotatable bonds is 2. The molecule has 20 heavy (non-hydrogen) atoms. The van der Waals surface area contributed by atoms with Crippen LogP contribution < -0.4 is 5.32 Å². The predicted molar refractivity (Wildman–Crippen MR) is 77.9 cm³/mol. The fraction of sp³-hybridized carbons (Fsp3) is 0.286. The molecule has 0 aliphatic carbocycles. The first-order valence-electron chi connectivity index (χ1n) is 6.04. The van der Waals surface area contributed by atoms with Crippen LogP contribution in [0, 0.1) is 0 Å². The first-order chi connectivity index (χ1) is 9.45. The number of amides is 2. The van der Waals surface area contributed by atoms with E-state index in [1.807, 2.05) is 24.3 Å². The van der Waals surface area contributed by atoms with Crippen molar-refractivity contribution in [3.63, 3.8) is 0 Å². The van der Waals surface area contributed by atoms with Crippen molar-refractivity contribution in [3.8, 4) is 0 Å². The molecule has 0 saturated heterocycles. The van der Waals surface area contributed by atoms with Crippen LogP contribution in [0.1, 0.15) is 18.5 Å². The van der Waals surface area contributed by atoms with Crippen molar-refractivity contribution >= 4 is 27.9 Å². The molecule has 1 N–H and O–H groups in total. The van der Waals surface area contributed by atoms with Gasteiger partial charge in [-0.2, -0.15) is 0 Å². The van der Waals surface area contributed by atoms with E-state index < -0.39 is 12.0 Å². The van der Waals surface area contributed by atoms with Gasteiger partial charge in [0.05, 0.1) is 18.7 Å². The molecule has 1 atom stereocenters. The van der Waals surface area contributed by atoms with E-state index in [0.29, 0.717) is 11.3 Å². The molecule has 1 aliphatic rings. The van der Waals surface area contributed by atoms with E-state index in [1.54, 1.807) is 14.0 Å². The van der Waals surface area contributed by atoms with Gasteiger partial charge in [-0.05, 0) is 24.6 Å². The number of nitrogens with zero attached hydrogens (tertiary/aromatic N) is 1. The molecule has 2 rings (SSSR count). The van der Waals surface area contributed by atoms with Gasteiger partial charge in [0, 0.05) is 17.2 Å². The molecule has 1 aromatic rings. The zero-order chi connectivity index (χ0) is 14.9. The Balaban J connectivity index is 2.55. The molecule has 5 nitrogen and oxygen atoms in total. The van der Waals surface area contributed by atoms with E-state index in [4.69, 9.17) is 4.74 Å². The molecule has 0 spiro atoms. The van der Waals surface area contributed by atoms with E-state index in [-0.39, 0.29) is 6.03 Å². The Morgan fingerprint density at radius 3 is 2.75 bits per heavy atom. The van der Waals surface area contributed by atoms with Gasteiger partial charge in [-0.3, -0.25) is 0 Å². The predicted octanol–water partition coefficient (Wildman–Crippen LogP) is 2.59. The number of benzene rings is 1. The second kappa shape index (κ2) is 5.66. The third kappa shape index (κ3) is 2.56. The number of hydrogen-bond acceptors (Lipinski definition) is 3. The minimum Gasteiger partial charge on any atom is -0.466 e. The summed E-state index contributed by atoms with van der Waals surface area (Å²) in [5.74, 6) is -0.445. The number of ether oxygens (including phenoxy) is 1. The summed E-state index contributed by atoms with van der Waals surface area (Å²) in [4.78, 5) is 25.4. The van der Waals surface area contributed by atoms with Crippen LogP contribution in [0.5, 0.6) is 0 Å². The summed E-state index contributed by atoms with van der Waals surface area (Å²) in [5.41, 5.74) is 1.85. The number of methoxy groups -OCH3 is 1. The first-order valence-corrected chi connectivity index (χ1v) is 6.83. The van der Waals surface area contributed by atoms with Gasteiger partial charge in [0.1, 0.15) is 0 Å². The SMILES string of the molecule is COC(=O)C1=C(C)N(C)C(=O)N[C@H]1c1cccc(Br)c1. The van der Waals surface area contributed by atoms with Gasteiger partial charge in [-0.1, -0.05) is 28.1 Å². The van der Waals surface area contributed by atoms with Crippen LogP contribution in [0.25, 0.3) is 0 Å². The van der Waals surface area contributed by atoms with Crippen molar-refractivity contribution in [3.05, 3.63) is 45.6 Å². The van der Waals surface area contributed by atoms with Gasteiger partial charge >= 0.3 is 12.0 Å². The average Bonchev–Trinajstić information content (AvgIpc) is 2.43. The van der Waals surface area contributed by atoms with Crippen LogP contribution in [0.4, 0.5) is 4.79 Å². The number of urea groups is 1. The zero-order valence-corrected chi connectivity index (χ0v) is 13.0. The van der Waals surface area contributed by atoms with Crippen molar-refractivity contribution in [2.24, 2.45) is 0 Å². The van der Waals surface area contributed by atoms with Gasteiger partial charge in [0.2, 0.25) is 0 Å². The largest absolute Gasteiger partial charge is 0.466 e. The molecule has 0 unspecified atom stereocenters. The summed E-state index contributed by atoms with van der Waals surface area (Å²) in [6.07, 6.45) is 0. The van der Waals surface area contributed by atoms with E-state index in [0.717, 1.165) is 10.0 Å². The smallest absolute Gasteiger partial charge is 0.337 e. The molecular weight excluding hydrogens is 324 g/mol. The van der Waals surface area contributed by atoms with E-state index >= 15 is 0 Å². The lowest BCUT2D eigenvalue weighted by molar-refractivity contribution is -0.136. The van der Waals surface area contributed by atoms with Crippen molar-refractivity contribution in [2.45, 2.75) is 13.0 Å². The summed E-state index contributed by atoms with van der Waals surface area (Å²) in [6, 6.07) is 6.70. The second-order valence-electron chi connectivity index (χ2n) is 4.49. The minimum absolute atomic E-state index is 0.250. The Bertz CT molecular complexity index is 598. The summed E-state index contributed by atoms with van der Waals surface area (Å²) in [5, 5.41) is 2.81. The maximum Gasteiger partial charge on any atom is 0.337 e. The minimum atomic E-state index is -0.511. The van der Waals surface area contributed by atoms with Crippen molar-refractivity contribution in [2.75, 3.05) is 14.2 Å². The third-order valence-corrected chi connectivity index (χ3v) is 3.83. The summed E-state index contributed by atoms with van der Waals surface area (Å²) in [7, 11) is 2.95. The number of hydrogen-bond donors (Lipinski definition) is 1. The molecule has 0 radical (unpaired) electrons.